The summed E-state index contributed by atoms with van der Waals surface area (Å²) < 4.78 is 22.8. The molecule has 1 aliphatic heterocycles. The Bertz CT molecular complexity index is 2190. The summed E-state index contributed by atoms with van der Waals surface area (Å²) in [5, 5.41) is 15.0. The van der Waals surface area contributed by atoms with Gasteiger partial charge in [0.1, 0.15) is 30.2 Å². The van der Waals surface area contributed by atoms with E-state index in [0.717, 1.165) is 27.8 Å². The Labute approximate surface area is 323 Å². The molecule has 7 rings (SSSR count). The molecule has 284 valence electrons. The summed E-state index contributed by atoms with van der Waals surface area (Å²) in [5.41, 5.74) is 5.40. The van der Waals surface area contributed by atoms with Gasteiger partial charge in [-0.05, 0) is 60.8 Å². The van der Waals surface area contributed by atoms with E-state index in [1.807, 2.05) is 24.3 Å². The predicted octanol–water partition coefficient (Wildman–Crippen LogP) is 8.35. The first kappa shape index (κ1) is 38.2. The molecule has 3 heterocycles. The Morgan fingerprint density at radius 2 is 1.38 bits per heavy atom. The van der Waals surface area contributed by atoms with Gasteiger partial charge in [0, 0.05) is 5.56 Å². The number of aliphatic hydroxyl groups is 1. The minimum Gasteiger partial charge on any atom is -0.408 e. The Kier molecular flexibility index (Phi) is 10.6. The van der Waals surface area contributed by atoms with E-state index in [0.29, 0.717) is 16.7 Å². The summed E-state index contributed by atoms with van der Waals surface area (Å²) in [7, 11) is -2.45. The highest BCUT2D eigenvalue weighted by atomic mass is 28.4. The molecule has 1 aliphatic rings. The van der Waals surface area contributed by atoms with E-state index in [1.54, 1.807) is 35.2 Å². The molecule has 0 spiro atoms. The number of imidazole rings is 1. The van der Waals surface area contributed by atoms with Crippen molar-refractivity contribution >= 4 is 31.2 Å². The molecule has 4 atom stereocenters. The van der Waals surface area contributed by atoms with Gasteiger partial charge in [0.05, 0.1) is 12.9 Å². The molecule has 11 heteroatoms. The molecular formula is C44H49N5O5Si. The van der Waals surface area contributed by atoms with Crippen molar-refractivity contribution in [2.24, 2.45) is 0 Å². The molecular weight excluding hydrogens is 707 g/mol. The van der Waals surface area contributed by atoms with Crippen LogP contribution in [0.2, 0.25) is 18.1 Å². The molecule has 1 fully saturated rings. The Hall–Kier alpha value is -5.04. The summed E-state index contributed by atoms with van der Waals surface area (Å²) in [6.07, 6.45) is -0.542. The van der Waals surface area contributed by atoms with E-state index in [4.69, 9.17) is 13.9 Å². The molecule has 4 aromatic carbocycles. The summed E-state index contributed by atoms with van der Waals surface area (Å²) in [5.74, 6) is -0.0701. The number of carbonyl (C=O) groups is 1. The van der Waals surface area contributed by atoms with Gasteiger partial charge in [-0.25, -0.2) is 15.0 Å². The number of nitrogens with zero attached hydrogens (tertiary/aromatic N) is 4. The number of carbonyl (C=O) groups excluding carboxylic acids is 1. The maximum Gasteiger partial charge on any atom is 0.256 e. The third-order valence-corrected chi connectivity index (χ3v) is 15.5. The Morgan fingerprint density at radius 1 is 0.818 bits per heavy atom. The molecule has 1 amide bonds. The van der Waals surface area contributed by atoms with Crippen LogP contribution in [-0.4, -0.2) is 63.8 Å². The number of aryl methyl sites for hydroxylation is 2. The van der Waals surface area contributed by atoms with Crippen LogP contribution in [0.4, 0.5) is 5.82 Å². The van der Waals surface area contributed by atoms with Crippen LogP contribution in [0.15, 0.2) is 122 Å². The van der Waals surface area contributed by atoms with Gasteiger partial charge in [-0.1, -0.05) is 129 Å². The third kappa shape index (κ3) is 7.50. The molecule has 1 saturated heterocycles. The van der Waals surface area contributed by atoms with Crippen LogP contribution in [0.5, 0.6) is 0 Å². The van der Waals surface area contributed by atoms with Crippen LogP contribution >= 0.6 is 0 Å². The van der Waals surface area contributed by atoms with Crippen molar-refractivity contribution in [2.75, 3.05) is 11.9 Å². The van der Waals surface area contributed by atoms with E-state index in [1.165, 1.54) is 6.33 Å². The number of hydrogen-bond acceptors (Lipinski definition) is 8. The second kappa shape index (κ2) is 15.2. The molecule has 10 nitrogen and oxygen atoms in total. The van der Waals surface area contributed by atoms with Crippen molar-refractivity contribution < 1.29 is 23.8 Å². The van der Waals surface area contributed by atoms with E-state index in [2.05, 4.69) is 129 Å². The van der Waals surface area contributed by atoms with E-state index in [9.17, 15) is 9.90 Å². The van der Waals surface area contributed by atoms with Crippen LogP contribution < -0.4 is 5.32 Å². The van der Waals surface area contributed by atoms with Crippen molar-refractivity contribution in [2.45, 2.75) is 82.9 Å². The minimum absolute atomic E-state index is 0.0868. The number of hydrogen-bond donors (Lipinski definition) is 2. The quantitative estimate of drug-likeness (QED) is 0.100. The first-order chi connectivity index (χ1) is 26.3. The average molecular weight is 756 g/mol. The van der Waals surface area contributed by atoms with Gasteiger partial charge in [-0.15, -0.1) is 0 Å². The van der Waals surface area contributed by atoms with Gasteiger partial charge in [0.25, 0.3) is 5.91 Å². The molecule has 0 aliphatic carbocycles. The number of aliphatic hydroxyl groups excluding tert-OH is 1. The number of nitrogens with one attached hydrogen (secondary N) is 1. The van der Waals surface area contributed by atoms with Crippen LogP contribution in [0.1, 0.15) is 65.2 Å². The van der Waals surface area contributed by atoms with Crippen LogP contribution in [0.25, 0.3) is 11.2 Å². The van der Waals surface area contributed by atoms with Gasteiger partial charge in [-0.2, -0.15) is 0 Å². The fraction of sp³-hybridized carbons (Fsp3) is 0.318. The Morgan fingerprint density at radius 3 is 1.96 bits per heavy atom. The lowest BCUT2D eigenvalue weighted by atomic mass is 9.79. The first-order valence-corrected chi connectivity index (χ1v) is 21.6. The largest absolute Gasteiger partial charge is 0.408 e. The summed E-state index contributed by atoms with van der Waals surface area (Å²) >= 11 is 0. The van der Waals surface area contributed by atoms with Gasteiger partial charge < -0.3 is 24.3 Å². The van der Waals surface area contributed by atoms with Gasteiger partial charge in [0.15, 0.2) is 31.5 Å². The lowest BCUT2D eigenvalue weighted by Crippen LogP contribution is -2.50. The maximum absolute atomic E-state index is 13.1. The molecule has 55 heavy (non-hydrogen) atoms. The van der Waals surface area contributed by atoms with Crippen LogP contribution in [0.3, 0.4) is 0 Å². The van der Waals surface area contributed by atoms with Crippen molar-refractivity contribution in [1.29, 1.82) is 0 Å². The zero-order valence-electron chi connectivity index (χ0n) is 32.4. The molecule has 0 saturated carbocycles. The molecule has 2 aromatic heterocycles. The lowest BCUT2D eigenvalue weighted by molar-refractivity contribution is -0.0930. The highest BCUT2D eigenvalue weighted by Crippen LogP contribution is 2.45. The van der Waals surface area contributed by atoms with Gasteiger partial charge >= 0.3 is 0 Å². The third-order valence-electron chi connectivity index (χ3n) is 11.0. The number of benzene rings is 4. The van der Waals surface area contributed by atoms with Crippen molar-refractivity contribution in [1.82, 2.24) is 19.5 Å². The number of amides is 1. The highest BCUT2D eigenvalue weighted by molar-refractivity contribution is 6.74. The zero-order valence-corrected chi connectivity index (χ0v) is 33.4. The normalized spacial score (nSPS) is 19.1. The highest BCUT2D eigenvalue weighted by Gasteiger charge is 2.52. The summed E-state index contributed by atoms with van der Waals surface area (Å²) in [4.78, 5) is 26.5. The molecule has 2 N–H and O–H groups in total. The fourth-order valence-corrected chi connectivity index (χ4v) is 8.18. The first-order valence-electron chi connectivity index (χ1n) is 18.7. The number of rotatable bonds is 11. The Balaban J connectivity index is 1.28. The minimum atomic E-state index is -2.45. The summed E-state index contributed by atoms with van der Waals surface area (Å²) in [6, 6.07) is 36.0. The van der Waals surface area contributed by atoms with Crippen LogP contribution in [-0.2, 0) is 19.5 Å². The number of ether oxygens (including phenoxy) is 2. The monoisotopic (exact) mass is 755 g/mol. The number of anilines is 1. The van der Waals surface area contributed by atoms with Crippen molar-refractivity contribution in [3.8, 4) is 0 Å². The number of aromatic nitrogens is 4. The van der Waals surface area contributed by atoms with Gasteiger partial charge in [-0.3, -0.25) is 9.36 Å². The second-order valence-electron chi connectivity index (χ2n) is 15.9. The molecule has 0 bridgehead atoms. The standard InChI is InChI=1S/C44H49N5O5Si/c1-29-18-22-33(23-19-29)44(32-16-12-9-13-17-32,34-24-20-30(2)21-25-34)52-26-35-38(54-55(6,7)43(3,4)5)37(50)42(53-35)49-28-47-36-39(45-27-46-40(36)49)48-41(51)31-14-10-8-11-15-31/h8-25,27-28,35,37-38,42,50H,26H2,1-7H3,(H,45,46,48,51)/t35-,37+,38?,42-/m1/s1. The second-order valence-corrected chi connectivity index (χ2v) is 20.6. The average Bonchev–Trinajstić information content (AvgIpc) is 3.74. The van der Waals surface area contributed by atoms with E-state index >= 15 is 0 Å². The van der Waals surface area contributed by atoms with Crippen molar-refractivity contribution in [3.63, 3.8) is 0 Å². The lowest BCUT2D eigenvalue weighted by Gasteiger charge is -2.41. The van der Waals surface area contributed by atoms with E-state index < -0.39 is 38.5 Å². The predicted molar refractivity (Wildman–Crippen MR) is 216 cm³/mol. The summed E-state index contributed by atoms with van der Waals surface area (Å²) in [6.45, 7) is 15.1. The van der Waals surface area contributed by atoms with Crippen LogP contribution in [0, 0.1) is 13.8 Å². The fourth-order valence-electron chi connectivity index (χ4n) is 6.85. The maximum atomic E-state index is 13.1. The van der Waals surface area contributed by atoms with E-state index in [-0.39, 0.29) is 23.4 Å². The molecule has 0 radical (unpaired) electrons. The molecule has 1 unspecified atom stereocenters. The topological polar surface area (TPSA) is 121 Å². The number of fused-ring (bicyclic) bond motifs is 1. The SMILES string of the molecule is Cc1ccc(C(OC[C@H]2O[C@@H](n3cnc4c(NC(=O)c5ccccc5)ncnc43)[C@@H](O)C2O[Si](C)(C)C(C)(C)C)(c2ccccc2)c2ccc(C)cc2)cc1. The van der Waals surface area contributed by atoms with Gasteiger partial charge in [0.2, 0.25) is 0 Å². The smallest absolute Gasteiger partial charge is 0.256 e. The zero-order chi connectivity index (χ0) is 39.0. The molecule has 6 aromatic rings. The van der Waals surface area contributed by atoms with Crippen molar-refractivity contribution in [3.05, 3.63) is 155 Å².